The lowest BCUT2D eigenvalue weighted by molar-refractivity contribution is 0.0600. The second-order valence-corrected chi connectivity index (χ2v) is 8.27. The summed E-state index contributed by atoms with van der Waals surface area (Å²) in [6, 6.07) is 14.9. The van der Waals surface area contributed by atoms with Gasteiger partial charge in [-0.25, -0.2) is 9.18 Å². The molecular formula is C27H20FNO5. The monoisotopic (exact) mass is 457 g/mol. The fraction of sp³-hybridized carbons (Fsp3) is 0.148. The van der Waals surface area contributed by atoms with Gasteiger partial charge in [0.05, 0.1) is 29.7 Å². The van der Waals surface area contributed by atoms with Crippen molar-refractivity contribution in [2.45, 2.75) is 19.9 Å². The molecule has 0 bridgehead atoms. The number of carbonyl (C=O) groups is 2. The number of hydrogen-bond donors (Lipinski definition) is 0. The van der Waals surface area contributed by atoms with E-state index in [0.717, 1.165) is 17.2 Å². The van der Waals surface area contributed by atoms with Crippen LogP contribution in [0.2, 0.25) is 0 Å². The summed E-state index contributed by atoms with van der Waals surface area (Å²) in [7, 11) is 1.29. The second-order valence-electron chi connectivity index (χ2n) is 8.27. The number of benzene rings is 3. The van der Waals surface area contributed by atoms with Crippen molar-refractivity contribution in [2.75, 3.05) is 12.0 Å². The molecule has 1 aliphatic rings. The fourth-order valence-corrected chi connectivity index (χ4v) is 4.32. The highest BCUT2D eigenvalue weighted by Crippen LogP contribution is 2.41. The fourth-order valence-electron chi connectivity index (χ4n) is 4.32. The van der Waals surface area contributed by atoms with E-state index in [4.69, 9.17) is 9.15 Å². The van der Waals surface area contributed by atoms with E-state index in [1.165, 1.54) is 24.1 Å². The molecule has 0 saturated heterocycles. The van der Waals surface area contributed by atoms with Gasteiger partial charge in [0, 0.05) is 5.69 Å². The maximum atomic E-state index is 13.9. The molecule has 5 rings (SSSR count). The molecule has 1 atom stereocenters. The molecule has 3 aromatic carbocycles. The zero-order valence-electron chi connectivity index (χ0n) is 18.7. The summed E-state index contributed by atoms with van der Waals surface area (Å²) in [6.45, 7) is 3.90. The van der Waals surface area contributed by atoms with Gasteiger partial charge in [-0.05, 0) is 73.0 Å². The highest BCUT2D eigenvalue weighted by molar-refractivity contribution is 6.10. The molecule has 0 fully saturated rings. The molecule has 7 heteroatoms. The van der Waals surface area contributed by atoms with Crippen LogP contribution >= 0.6 is 0 Å². The third kappa shape index (κ3) is 3.28. The predicted octanol–water partition coefficient (Wildman–Crippen LogP) is 5.09. The van der Waals surface area contributed by atoms with Crippen LogP contribution in [-0.2, 0) is 4.74 Å². The van der Waals surface area contributed by atoms with E-state index < -0.39 is 29.2 Å². The minimum Gasteiger partial charge on any atom is -0.465 e. The highest BCUT2D eigenvalue weighted by atomic mass is 19.1. The number of rotatable bonds is 3. The Labute approximate surface area is 194 Å². The van der Waals surface area contributed by atoms with Gasteiger partial charge in [-0.15, -0.1) is 0 Å². The molecular weight excluding hydrogens is 437 g/mol. The first-order valence-electron chi connectivity index (χ1n) is 10.7. The summed E-state index contributed by atoms with van der Waals surface area (Å²) in [5, 5.41) is 0.0599. The van der Waals surface area contributed by atoms with E-state index in [0.29, 0.717) is 16.8 Å². The molecule has 1 aromatic heterocycles. The Morgan fingerprint density at radius 2 is 1.71 bits per heavy atom. The minimum atomic E-state index is -0.819. The summed E-state index contributed by atoms with van der Waals surface area (Å²) in [5.41, 5.74) is 3.36. The summed E-state index contributed by atoms with van der Waals surface area (Å²) < 4.78 is 24.6. The number of methoxy groups -OCH3 is 1. The van der Waals surface area contributed by atoms with Crippen molar-refractivity contribution in [3.8, 4) is 0 Å². The number of anilines is 1. The molecule has 0 spiro atoms. The Balaban J connectivity index is 1.77. The highest BCUT2D eigenvalue weighted by Gasteiger charge is 2.43. The number of hydrogen-bond acceptors (Lipinski definition) is 5. The van der Waals surface area contributed by atoms with Crippen LogP contribution < -0.4 is 10.3 Å². The normalized spacial score (nSPS) is 15.0. The first kappa shape index (κ1) is 21.6. The Morgan fingerprint density at radius 1 is 0.971 bits per heavy atom. The lowest BCUT2D eigenvalue weighted by Crippen LogP contribution is -2.29. The van der Waals surface area contributed by atoms with Gasteiger partial charge in [0.1, 0.15) is 11.4 Å². The van der Waals surface area contributed by atoms with Crippen LogP contribution in [0.3, 0.4) is 0 Å². The average molecular weight is 457 g/mol. The summed E-state index contributed by atoms with van der Waals surface area (Å²) in [6.07, 6.45) is 0. The van der Waals surface area contributed by atoms with Crippen LogP contribution in [0.15, 0.2) is 69.9 Å². The molecule has 6 nitrogen and oxygen atoms in total. The molecule has 34 heavy (non-hydrogen) atoms. The van der Waals surface area contributed by atoms with E-state index in [2.05, 4.69) is 0 Å². The number of ether oxygens (including phenoxy) is 1. The molecule has 1 amide bonds. The van der Waals surface area contributed by atoms with Gasteiger partial charge in [-0.3, -0.25) is 14.5 Å². The third-order valence-electron chi connectivity index (χ3n) is 6.25. The molecule has 0 aliphatic carbocycles. The van der Waals surface area contributed by atoms with Crippen LogP contribution in [-0.4, -0.2) is 19.0 Å². The predicted molar refractivity (Wildman–Crippen MR) is 125 cm³/mol. The Bertz CT molecular complexity index is 1540. The van der Waals surface area contributed by atoms with Crippen molar-refractivity contribution in [1.82, 2.24) is 0 Å². The lowest BCUT2D eigenvalue weighted by atomic mass is 9.97. The van der Waals surface area contributed by atoms with Gasteiger partial charge in [0.15, 0.2) is 5.43 Å². The topological polar surface area (TPSA) is 76.8 Å². The van der Waals surface area contributed by atoms with Gasteiger partial charge < -0.3 is 9.15 Å². The molecule has 0 N–H and O–H groups in total. The number of halogens is 1. The Kier molecular flexibility index (Phi) is 5.05. The number of nitrogens with zero attached hydrogens (tertiary/aromatic N) is 1. The zero-order chi connectivity index (χ0) is 24.1. The van der Waals surface area contributed by atoms with Crippen LogP contribution in [0.1, 0.15) is 49.2 Å². The number of aryl methyl sites for hydroxylation is 2. The molecule has 0 saturated carbocycles. The maximum Gasteiger partial charge on any atom is 0.337 e. The Hall–Kier alpha value is -4.26. The largest absolute Gasteiger partial charge is 0.465 e. The first-order valence-corrected chi connectivity index (χ1v) is 10.7. The molecule has 170 valence electrons. The first-order chi connectivity index (χ1) is 16.3. The standard InChI is InChI=1S/C27H20FNO5/c1-14-4-10-19(12-15(14)2)29-23(16-5-7-17(8-6-16)27(32)33-3)22-24(30)20-13-18(28)9-11-21(20)34-25(22)26(29)31/h4-13,23H,1-3H3. The van der Waals surface area contributed by atoms with Crippen molar-refractivity contribution < 1.29 is 23.1 Å². The SMILES string of the molecule is COC(=O)c1ccc(C2c3c(oc4ccc(F)cc4c3=O)C(=O)N2c2ccc(C)c(C)c2)cc1. The number of carbonyl (C=O) groups excluding carboxylic acids is 2. The Morgan fingerprint density at radius 3 is 2.38 bits per heavy atom. The molecule has 2 heterocycles. The average Bonchev–Trinajstić information content (AvgIpc) is 3.13. The summed E-state index contributed by atoms with van der Waals surface area (Å²) in [4.78, 5) is 40.5. The second kappa shape index (κ2) is 7.95. The smallest absolute Gasteiger partial charge is 0.337 e. The van der Waals surface area contributed by atoms with Gasteiger partial charge in [0.25, 0.3) is 5.91 Å². The van der Waals surface area contributed by atoms with Gasteiger partial charge in [-0.2, -0.15) is 0 Å². The van der Waals surface area contributed by atoms with Crippen LogP contribution in [0.4, 0.5) is 10.1 Å². The van der Waals surface area contributed by atoms with E-state index in [1.807, 2.05) is 32.0 Å². The van der Waals surface area contributed by atoms with Gasteiger partial charge in [0.2, 0.25) is 5.76 Å². The van der Waals surface area contributed by atoms with Crippen LogP contribution in [0.5, 0.6) is 0 Å². The van der Waals surface area contributed by atoms with Crippen molar-refractivity contribution in [3.05, 3.63) is 110 Å². The van der Waals surface area contributed by atoms with Crippen molar-refractivity contribution in [2.24, 2.45) is 0 Å². The number of fused-ring (bicyclic) bond motifs is 2. The molecule has 4 aromatic rings. The van der Waals surface area contributed by atoms with Gasteiger partial charge in [-0.1, -0.05) is 18.2 Å². The quantitative estimate of drug-likeness (QED) is 0.401. The number of esters is 1. The van der Waals surface area contributed by atoms with Crippen LogP contribution in [0, 0.1) is 19.7 Å². The van der Waals surface area contributed by atoms with Gasteiger partial charge >= 0.3 is 5.97 Å². The molecule has 1 aliphatic heterocycles. The van der Waals surface area contributed by atoms with Crippen molar-refractivity contribution in [1.29, 1.82) is 0 Å². The van der Waals surface area contributed by atoms with Crippen LogP contribution in [0.25, 0.3) is 11.0 Å². The number of amides is 1. The minimum absolute atomic E-state index is 0.0599. The summed E-state index contributed by atoms with van der Waals surface area (Å²) >= 11 is 0. The molecule has 0 radical (unpaired) electrons. The summed E-state index contributed by atoms with van der Waals surface area (Å²) in [5.74, 6) is -1.62. The third-order valence-corrected chi connectivity index (χ3v) is 6.25. The van der Waals surface area contributed by atoms with E-state index >= 15 is 0 Å². The maximum absolute atomic E-state index is 13.9. The van der Waals surface area contributed by atoms with Crippen molar-refractivity contribution >= 4 is 28.5 Å². The van der Waals surface area contributed by atoms with E-state index in [1.54, 1.807) is 24.3 Å². The molecule has 1 unspecified atom stereocenters. The van der Waals surface area contributed by atoms with Crippen molar-refractivity contribution in [3.63, 3.8) is 0 Å². The zero-order valence-corrected chi connectivity index (χ0v) is 18.7. The lowest BCUT2D eigenvalue weighted by Gasteiger charge is -2.26. The van der Waals surface area contributed by atoms with E-state index in [9.17, 15) is 18.8 Å². The van der Waals surface area contributed by atoms with E-state index in [-0.39, 0.29) is 22.3 Å².